The molecule has 0 saturated carbocycles. The third-order valence-electron chi connectivity index (χ3n) is 3.50. The molecular weight excluding hydrogens is 252 g/mol. The summed E-state index contributed by atoms with van der Waals surface area (Å²) < 4.78 is 0. The molecule has 20 heavy (non-hydrogen) atoms. The zero-order valence-corrected chi connectivity index (χ0v) is 12.1. The van der Waals surface area contributed by atoms with Gasteiger partial charge in [0.1, 0.15) is 6.04 Å². The lowest BCUT2D eigenvalue weighted by Crippen LogP contribution is -2.34. The van der Waals surface area contributed by atoms with Crippen molar-refractivity contribution in [1.29, 1.82) is 0 Å². The number of carboxylic acids is 1. The summed E-state index contributed by atoms with van der Waals surface area (Å²) in [6.07, 6.45) is 0.887. The molecule has 2 aromatic rings. The summed E-state index contributed by atoms with van der Waals surface area (Å²) in [5.41, 5.74) is 2.61. The number of hydrogen-bond acceptors (Lipinski definition) is 3. The molecule has 0 fully saturated rings. The van der Waals surface area contributed by atoms with Crippen LogP contribution in [0.2, 0.25) is 0 Å². The van der Waals surface area contributed by atoms with Crippen LogP contribution in [-0.4, -0.2) is 22.1 Å². The molecule has 1 aromatic carbocycles. The second-order valence-electron chi connectivity index (χ2n) is 5.15. The Bertz CT molecular complexity index is 625. The molecule has 2 unspecified atom stereocenters. The van der Waals surface area contributed by atoms with Crippen LogP contribution in [0, 0.1) is 6.92 Å². The van der Waals surface area contributed by atoms with Crippen molar-refractivity contribution in [2.24, 2.45) is 0 Å². The van der Waals surface area contributed by atoms with E-state index in [1.165, 1.54) is 0 Å². The van der Waals surface area contributed by atoms with Gasteiger partial charge in [-0.1, -0.05) is 19.1 Å². The summed E-state index contributed by atoms with van der Waals surface area (Å²) in [5, 5.41) is 13.5. The number of rotatable bonds is 5. The number of fused-ring (bicyclic) bond motifs is 1. The lowest BCUT2D eigenvalue weighted by Gasteiger charge is -2.19. The van der Waals surface area contributed by atoms with Crippen molar-refractivity contribution in [2.75, 3.05) is 0 Å². The van der Waals surface area contributed by atoms with Crippen molar-refractivity contribution in [3.63, 3.8) is 0 Å². The van der Waals surface area contributed by atoms with E-state index in [4.69, 9.17) is 0 Å². The van der Waals surface area contributed by atoms with E-state index in [1.807, 2.05) is 51.1 Å². The van der Waals surface area contributed by atoms with Crippen LogP contribution in [0.15, 0.2) is 30.3 Å². The topological polar surface area (TPSA) is 62.2 Å². The van der Waals surface area contributed by atoms with E-state index < -0.39 is 12.0 Å². The van der Waals surface area contributed by atoms with Gasteiger partial charge in [0.05, 0.1) is 5.52 Å². The zero-order valence-electron chi connectivity index (χ0n) is 12.1. The molecule has 0 bridgehead atoms. The summed E-state index contributed by atoms with van der Waals surface area (Å²) >= 11 is 0. The highest BCUT2D eigenvalue weighted by molar-refractivity contribution is 5.82. The number of carbonyl (C=O) groups is 1. The minimum absolute atomic E-state index is 0.155. The normalized spacial score (nSPS) is 14.2. The van der Waals surface area contributed by atoms with Crippen LogP contribution in [-0.2, 0) is 4.79 Å². The first-order chi connectivity index (χ1) is 9.51. The van der Waals surface area contributed by atoms with Gasteiger partial charge in [0.25, 0.3) is 0 Å². The van der Waals surface area contributed by atoms with Crippen LogP contribution in [0.5, 0.6) is 0 Å². The first-order valence-corrected chi connectivity index (χ1v) is 6.87. The molecule has 0 amide bonds. The third-order valence-corrected chi connectivity index (χ3v) is 3.50. The van der Waals surface area contributed by atoms with Crippen molar-refractivity contribution in [3.8, 4) is 0 Å². The van der Waals surface area contributed by atoms with Crippen LogP contribution < -0.4 is 5.32 Å². The van der Waals surface area contributed by atoms with Gasteiger partial charge in [0.2, 0.25) is 0 Å². The molecule has 2 rings (SSSR count). The Morgan fingerprint density at radius 2 is 2.10 bits per heavy atom. The first kappa shape index (κ1) is 14.5. The Balaban J connectivity index is 2.38. The summed E-state index contributed by atoms with van der Waals surface area (Å²) in [6, 6.07) is 9.00. The predicted octanol–water partition coefficient (Wildman–Crippen LogP) is 3.06. The van der Waals surface area contributed by atoms with Gasteiger partial charge in [-0.25, -0.2) is 0 Å². The summed E-state index contributed by atoms with van der Waals surface area (Å²) in [6.45, 7) is 5.96. The van der Waals surface area contributed by atoms with Gasteiger partial charge in [-0.15, -0.1) is 0 Å². The summed E-state index contributed by atoms with van der Waals surface area (Å²) in [5.74, 6) is -0.857. The number of aliphatic carboxylic acids is 1. The highest BCUT2D eigenvalue weighted by Crippen LogP contribution is 2.21. The average molecular weight is 272 g/mol. The number of aryl methyl sites for hydroxylation is 1. The van der Waals surface area contributed by atoms with E-state index in [0.717, 1.165) is 28.6 Å². The van der Waals surface area contributed by atoms with Gasteiger partial charge in [-0.05, 0) is 44.0 Å². The molecule has 0 spiro atoms. The Labute approximate surface area is 118 Å². The number of nitrogens with zero attached hydrogens (tertiary/aromatic N) is 1. The molecule has 0 aliphatic rings. The number of carboxylic acid groups (broad SMARTS) is 1. The Morgan fingerprint density at radius 1 is 1.35 bits per heavy atom. The van der Waals surface area contributed by atoms with Crippen LogP contribution in [0.1, 0.15) is 37.6 Å². The number of pyridine rings is 1. The standard InChI is InChI=1S/C16H20N2O2/c1-4-10(2)18-15(16(19)20)13-7-8-14-12(9-13)6-5-11(3)17-14/h5-10,15,18H,4H2,1-3H3,(H,19,20). The molecule has 1 heterocycles. The number of hydrogen-bond donors (Lipinski definition) is 2. The van der Waals surface area contributed by atoms with Gasteiger partial charge >= 0.3 is 5.97 Å². The lowest BCUT2D eigenvalue weighted by atomic mass is 10.0. The van der Waals surface area contributed by atoms with Crippen molar-refractivity contribution in [2.45, 2.75) is 39.3 Å². The minimum Gasteiger partial charge on any atom is -0.480 e. The van der Waals surface area contributed by atoms with E-state index in [-0.39, 0.29) is 6.04 Å². The molecule has 0 radical (unpaired) electrons. The van der Waals surface area contributed by atoms with Crippen LogP contribution >= 0.6 is 0 Å². The molecule has 4 heteroatoms. The smallest absolute Gasteiger partial charge is 0.325 e. The van der Waals surface area contributed by atoms with Crippen molar-refractivity contribution in [3.05, 3.63) is 41.6 Å². The fourth-order valence-electron chi connectivity index (χ4n) is 2.14. The summed E-state index contributed by atoms with van der Waals surface area (Å²) in [7, 11) is 0. The largest absolute Gasteiger partial charge is 0.480 e. The van der Waals surface area contributed by atoms with Gasteiger partial charge in [-0.3, -0.25) is 15.1 Å². The van der Waals surface area contributed by atoms with E-state index in [1.54, 1.807) is 0 Å². The molecular formula is C16H20N2O2. The molecule has 2 N–H and O–H groups in total. The van der Waals surface area contributed by atoms with E-state index >= 15 is 0 Å². The maximum absolute atomic E-state index is 11.5. The first-order valence-electron chi connectivity index (χ1n) is 6.87. The zero-order chi connectivity index (χ0) is 14.7. The monoisotopic (exact) mass is 272 g/mol. The minimum atomic E-state index is -0.857. The predicted molar refractivity (Wildman–Crippen MR) is 79.7 cm³/mol. The molecule has 0 aliphatic heterocycles. The van der Waals surface area contributed by atoms with Crippen molar-refractivity contribution < 1.29 is 9.90 Å². The van der Waals surface area contributed by atoms with Crippen molar-refractivity contribution in [1.82, 2.24) is 10.3 Å². The fourth-order valence-corrected chi connectivity index (χ4v) is 2.14. The van der Waals surface area contributed by atoms with E-state index in [0.29, 0.717) is 0 Å². The average Bonchev–Trinajstić information content (AvgIpc) is 2.43. The van der Waals surface area contributed by atoms with Crippen LogP contribution in [0.25, 0.3) is 10.9 Å². The lowest BCUT2D eigenvalue weighted by molar-refractivity contribution is -0.139. The molecule has 106 valence electrons. The van der Waals surface area contributed by atoms with Gasteiger partial charge in [-0.2, -0.15) is 0 Å². The molecule has 1 aromatic heterocycles. The van der Waals surface area contributed by atoms with Crippen LogP contribution in [0.3, 0.4) is 0 Å². The Kier molecular flexibility index (Phi) is 4.35. The number of nitrogens with one attached hydrogen (secondary N) is 1. The molecule has 0 saturated heterocycles. The van der Waals surface area contributed by atoms with Gasteiger partial charge in [0, 0.05) is 17.1 Å². The van der Waals surface area contributed by atoms with Gasteiger partial charge < -0.3 is 5.11 Å². The fraction of sp³-hybridized carbons (Fsp3) is 0.375. The van der Waals surface area contributed by atoms with Crippen molar-refractivity contribution >= 4 is 16.9 Å². The highest BCUT2D eigenvalue weighted by Gasteiger charge is 2.21. The summed E-state index contributed by atoms with van der Waals surface area (Å²) in [4.78, 5) is 15.9. The second-order valence-corrected chi connectivity index (χ2v) is 5.15. The van der Waals surface area contributed by atoms with E-state index in [2.05, 4.69) is 10.3 Å². The third kappa shape index (κ3) is 3.14. The molecule has 4 nitrogen and oxygen atoms in total. The Morgan fingerprint density at radius 3 is 2.75 bits per heavy atom. The van der Waals surface area contributed by atoms with Crippen LogP contribution in [0.4, 0.5) is 0 Å². The van der Waals surface area contributed by atoms with E-state index in [9.17, 15) is 9.90 Å². The Hall–Kier alpha value is -1.94. The molecule has 0 aliphatic carbocycles. The second kappa shape index (κ2) is 6.01. The number of benzene rings is 1. The van der Waals surface area contributed by atoms with Gasteiger partial charge in [0.15, 0.2) is 0 Å². The quantitative estimate of drug-likeness (QED) is 0.878. The highest BCUT2D eigenvalue weighted by atomic mass is 16.4. The SMILES string of the molecule is CCC(C)NC(C(=O)O)c1ccc2nc(C)ccc2c1. The number of aromatic nitrogens is 1. The maximum atomic E-state index is 11.5. The molecule has 2 atom stereocenters. The maximum Gasteiger partial charge on any atom is 0.325 e.